The van der Waals surface area contributed by atoms with Gasteiger partial charge in [0.1, 0.15) is 5.75 Å². The van der Waals surface area contributed by atoms with Crippen LogP contribution < -0.4 is 0 Å². The van der Waals surface area contributed by atoms with Gasteiger partial charge in [0.05, 0.1) is 11.4 Å². The van der Waals surface area contributed by atoms with E-state index >= 15 is 0 Å². The Morgan fingerprint density at radius 1 is 1.04 bits per heavy atom. The molecule has 1 aromatic heterocycles. The molecule has 6 heteroatoms. The second-order valence-electron chi connectivity index (χ2n) is 8.84. The zero-order chi connectivity index (χ0) is 18.8. The van der Waals surface area contributed by atoms with Crippen LogP contribution in [0.4, 0.5) is 0 Å². The van der Waals surface area contributed by atoms with E-state index in [0.29, 0.717) is 18.0 Å². The van der Waals surface area contributed by atoms with Gasteiger partial charge in [-0.1, -0.05) is 41.5 Å². The largest absolute Gasteiger partial charge is 0.507 e. The number of hydrogen-bond donors (Lipinski definition) is 1. The summed E-state index contributed by atoms with van der Waals surface area (Å²) in [6.45, 7) is 12.8. The van der Waals surface area contributed by atoms with Crippen molar-refractivity contribution in [1.29, 1.82) is 0 Å². The maximum Gasteiger partial charge on any atom is 0.228 e. The molecule has 136 valence electrons. The standard InChI is InChI=1S/C19H26N2O3S/c1-18(2,3)13-9-12(10-14(16(13)22)19(4,5)6)15-11-21-7-8-25(23,24)17(21)20-15/h9-11,22H,7-8H2,1-6H3. The highest BCUT2D eigenvalue weighted by Gasteiger charge is 2.31. The van der Waals surface area contributed by atoms with E-state index in [1.54, 1.807) is 10.8 Å². The number of aromatic hydroxyl groups is 1. The molecule has 1 aliphatic heterocycles. The van der Waals surface area contributed by atoms with Crippen LogP contribution in [0.15, 0.2) is 23.5 Å². The molecule has 0 fully saturated rings. The third-order valence-electron chi connectivity index (χ3n) is 4.64. The molecular formula is C19H26N2O3S. The maximum absolute atomic E-state index is 12.1. The van der Waals surface area contributed by atoms with Crippen molar-refractivity contribution >= 4 is 9.84 Å². The Morgan fingerprint density at radius 2 is 1.56 bits per heavy atom. The van der Waals surface area contributed by atoms with E-state index in [2.05, 4.69) is 46.5 Å². The zero-order valence-corrected chi connectivity index (χ0v) is 16.5. The summed E-state index contributed by atoms with van der Waals surface area (Å²) >= 11 is 0. The molecule has 0 unspecified atom stereocenters. The van der Waals surface area contributed by atoms with Gasteiger partial charge in [-0.05, 0) is 23.0 Å². The highest BCUT2D eigenvalue weighted by Crippen LogP contribution is 2.42. The maximum atomic E-state index is 12.1. The molecule has 1 aromatic carbocycles. The predicted molar refractivity (Wildman–Crippen MR) is 98.8 cm³/mol. The Morgan fingerprint density at radius 3 is 2.00 bits per heavy atom. The van der Waals surface area contributed by atoms with Gasteiger partial charge in [-0.25, -0.2) is 13.4 Å². The van der Waals surface area contributed by atoms with Crippen molar-refractivity contribution in [3.05, 3.63) is 29.5 Å². The summed E-state index contributed by atoms with van der Waals surface area (Å²) in [6, 6.07) is 3.85. The Hall–Kier alpha value is -1.82. The van der Waals surface area contributed by atoms with Gasteiger partial charge in [-0.2, -0.15) is 0 Å². The Balaban J connectivity index is 2.24. The van der Waals surface area contributed by atoms with Crippen LogP contribution in [0.1, 0.15) is 52.7 Å². The number of phenols is 1. The van der Waals surface area contributed by atoms with E-state index < -0.39 is 9.84 Å². The molecule has 0 aliphatic carbocycles. The minimum absolute atomic E-state index is 0.117. The summed E-state index contributed by atoms with van der Waals surface area (Å²) in [4.78, 5) is 4.38. The average Bonchev–Trinajstić information content (AvgIpc) is 2.98. The zero-order valence-electron chi connectivity index (χ0n) is 15.7. The SMILES string of the molecule is CC(C)(C)c1cc(-c2cn3c(n2)S(=O)(=O)CC3)cc(C(C)(C)C)c1O. The van der Waals surface area contributed by atoms with Crippen LogP contribution >= 0.6 is 0 Å². The van der Waals surface area contributed by atoms with Crippen molar-refractivity contribution in [2.24, 2.45) is 0 Å². The summed E-state index contributed by atoms with van der Waals surface area (Å²) in [5.41, 5.74) is 2.67. The fraction of sp³-hybridized carbons (Fsp3) is 0.526. The lowest BCUT2D eigenvalue weighted by Crippen LogP contribution is -2.17. The second-order valence-corrected chi connectivity index (χ2v) is 10.8. The molecule has 25 heavy (non-hydrogen) atoms. The van der Waals surface area contributed by atoms with Crippen molar-refractivity contribution in [3.63, 3.8) is 0 Å². The molecule has 5 nitrogen and oxygen atoms in total. The Bertz CT molecular complexity index is 907. The van der Waals surface area contributed by atoms with Crippen LogP contribution in [0, 0.1) is 0 Å². The van der Waals surface area contributed by atoms with Crippen molar-refractivity contribution < 1.29 is 13.5 Å². The van der Waals surface area contributed by atoms with Gasteiger partial charge < -0.3 is 9.67 Å². The van der Waals surface area contributed by atoms with Crippen LogP contribution in [-0.2, 0) is 27.2 Å². The van der Waals surface area contributed by atoms with Gasteiger partial charge in [-0.3, -0.25) is 0 Å². The second kappa shape index (κ2) is 5.34. The average molecular weight is 362 g/mol. The molecule has 0 bridgehead atoms. The molecule has 0 saturated heterocycles. The quantitative estimate of drug-likeness (QED) is 0.841. The highest BCUT2D eigenvalue weighted by molar-refractivity contribution is 7.91. The number of aryl methyl sites for hydroxylation is 1. The fourth-order valence-electron chi connectivity index (χ4n) is 3.18. The van der Waals surface area contributed by atoms with E-state index in [1.807, 2.05) is 12.1 Å². The summed E-state index contributed by atoms with van der Waals surface area (Å²) in [5, 5.41) is 11.0. The molecule has 3 rings (SSSR count). The van der Waals surface area contributed by atoms with Gasteiger partial charge in [0, 0.05) is 29.4 Å². The first-order valence-electron chi connectivity index (χ1n) is 8.49. The van der Waals surface area contributed by atoms with E-state index in [0.717, 1.165) is 16.7 Å². The van der Waals surface area contributed by atoms with E-state index in [1.165, 1.54) is 0 Å². The lowest BCUT2D eigenvalue weighted by molar-refractivity contribution is 0.423. The van der Waals surface area contributed by atoms with E-state index in [-0.39, 0.29) is 21.7 Å². The van der Waals surface area contributed by atoms with Crippen molar-refractivity contribution in [3.8, 4) is 17.0 Å². The van der Waals surface area contributed by atoms with Crippen LogP contribution in [0.2, 0.25) is 0 Å². The third kappa shape index (κ3) is 3.08. The predicted octanol–water partition coefficient (Wildman–Crippen LogP) is 3.64. The lowest BCUT2D eigenvalue weighted by atomic mass is 9.78. The molecule has 0 saturated carbocycles. The van der Waals surface area contributed by atoms with Gasteiger partial charge >= 0.3 is 0 Å². The first-order chi connectivity index (χ1) is 11.3. The molecule has 0 amide bonds. The van der Waals surface area contributed by atoms with Crippen LogP contribution in [-0.4, -0.2) is 28.8 Å². The number of rotatable bonds is 1. The van der Waals surface area contributed by atoms with Crippen molar-refractivity contribution in [1.82, 2.24) is 9.55 Å². The molecule has 0 radical (unpaired) electrons. The smallest absolute Gasteiger partial charge is 0.228 e. The van der Waals surface area contributed by atoms with Gasteiger partial charge in [0.2, 0.25) is 15.0 Å². The molecule has 0 atom stereocenters. The topological polar surface area (TPSA) is 72.2 Å². The molecule has 2 aromatic rings. The monoisotopic (exact) mass is 362 g/mol. The minimum atomic E-state index is -3.28. The van der Waals surface area contributed by atoms with Crippen molar-refractivity contribution in [2.45, 2.75) is 64.1 Å². The number of phenolic OH excluding ortho intramolecular Hbond substituents is 1. The number of imidazole rings is 1. The number of sulfone groups is 1. The molecule has 1 aliphatic rings. The molecular weight excluding hydrogens is 336 g/mol. The molecule has 0 spiro atoms. The van der Waals surface area contributed by atoms with E-state index in [4.69, 9.17) is 0 Å². The first-order valence-corrected chi connectivity index (χ1v) is 10.1. The minimum Gasteiger partial charge on any atom is -0.507 e. The lowest BCUT2D eigenvalue weighted by Gasteiger charge is -2.28. The number of nitrogens with zero attached hydrogens (tertiary/aromatic N) is 2. The van der Waals surface area contributed by atoms with Gasteiger partial charge in [0.15, 0.2) is 0 Å². The number of aromatic nitrogens is 2. The first kappa shape index (κ1) is 18.0. The Labute approximate surface area is 149 Å². The highest BCUT2D eigenvalue weighted by atomic mass is 32.2. The third-order valence-corrected chi connectivity index (χ3v) is 6.24. The number of fused-ring (bicyclic) bond motifs is 1. The van der Waals surface area contributed by atoms with Gasteiger partial charge in [-0.15, -0.1) is 0 Å². The van der Waals surface area contributed by atoms with E-state index in [9.17, 15) is 13.5 Å². The molecule has 1 N–H and O–H groups in total. The Kier molecular flexibility index (Phi) is 3.84. The number of hydrogen-bond acceptors (Lipinski definition) is 4. The number of benzene rings is 1. The van der Waals surface area contributed by atoms with Crippen molar-refractivity contribution in [2.75, 3.05) is 5.75 Å². The van der Waals surface area contributed by atoms with Crippen LogP contribution in [0.25, 0.3) is 11.3 Å². The summed E-state index contributed by atoms with van der Waals surface area (Å²) in [5.74, 6) is 0.425. The summed E-state index contributed by atoms with van der Waals surface area (Å²) < 4.78 is 25.9. The van der Waals surface area contributed by atoms with Crippen LogP contribution in [0.3, 0.4) is 0 Å². The van der Waals surface area contributed by atoms with Crippen LogP contribution in [0.5, 0.6) is 5.75 Å². The fourth-order valence-corrected chi connectivity index (χ4v) is 4.54. The normalized spacial score (nSPS) is 16.9. The summed E-state index contributed by atoms with van der Waals surface area (Å²) in [6.07, 6.45) is 1.80. The molecule has 2 heterocycles. The summed E-state index contributed by atoms with van der Waals surface area (Å²) in [7, 11) is -3.28. The van der Waals surface area contributed by atoms with Gasteiger partial charge in [0.25, 0.3) is 0 Å².